The van der Waals surface area contributed by atoms with Crippen LogP contribution in [0.2, 0.25) is 0 Å². The van der Waals surface area contributed by atoms with Gasteiger partial charge in [0.1, 0.15) is 5.60 Å². The highest BCUT2D eigenvalue weighted by Gasteiger charge is 2.29. The number of aliphatic imine (C=N–C) groups is 1. The maximum Gasteiger partial charge on any atom is 0.410 e. The molecule has 0 bridgehead atoms. The molecule has 1 unspecified atom stereocenters. The second-order valence-electron chi connectivity index (χ2n) is 7.16. The molecule has 0 spiro atoms. The molecule has 1 amide bonds. The average molecular weight is 472 g/mol. The Morgan fingerprint density at radius 1 is 1.38 bits per heavy atom. The molecule has 24 heavy (non-hydrogen) atoms. The first-order valence-corrected chi connectivity index (χ1v) is 9.16. The molecule has 1 heterocycles. The zero-order valence-corrected chi connectivity index (χ0v) is 18.9. The van der Waals surface area contributed by atoms with E-state index < -0.39 is 5.60 Å². The number of rotatable bonds is 5. The van der Waals surface area contributed by atoms with Gasteiger partial charge in [0.25, 0.3) is 0 Å². The van der Waals surface area contributed by atoms with Crippen molar-refractivity contribution in [1.29, 1.82) is 0 Å². The third kappa shape index (κ3) is 9.19. The number of ether oxygens (including phenoxy) is 1. The van der Waals surface area contributed by atoms with E-state index in [4.69, 9.17) is 4.74 Å². The number of nitrogens with one attached hydrogen (secondary N) is 2. The molecule has 0 aliphatic carbocycles. The number of amides is 1. The largest absolute Gasteiger partial charge is 0.444 e. The molecule has 0 saturated carbocycles. The molecule has 142 valence electrons. The van der Waals surface area contributed by atoms with Gasteiger partial charge >= 0.3 is 6.09 Å². The molecule has 1 fully saturated rings. The predicted molar refractivity (Wildman–Crippen MR) is 114 cm³/mol. The van der Waals surface area contributed by atoms with E-state index in [2.05, 4.69) is 22.5 Å². The summed E-state index contributed by atoms with van der Waals surface area (Å²) in [5.74, 6) is 2.02. The van der Waals surface area contributed by atoms with Crippen LogP contribution in [0.15, 0.2) is 4.99 Å². The van der Waals surface area contributed by atoms with Gasteiger partial charge in [0.15, 0.2) is 5.96 Å². The lowest BCUT2D eigenvalue weighted by Gasteiger charge is -2.26. The molecule has 0 radical (unpaired) electrons. The first-order valence-electron chi connectivity index (χ1n) is 8.18. The molecule has 1 atom stereocenters. The van der Waals surface area contributed by atoms with E-state index in [0.29, 0.717) is 17.8 Å². The maximum absolute atomic E-state index is 11.9. The van der Waals surface area contributed by atoms with Crippen LogP contribution in [0, 0.1) is 0 Å². The van der Waals surface area contributed by atoms with E-state index in [-0.39, 0.29) is 30.1 Å². The van der Waals surface area contributed by atoms with Crippen LogP contribution in [0.5, 0.6) is 0 Å². The minimum Gasteiger partial charge on any atom is -0.444 e. The van der Waals surface area contributed by atoms with Crippen molar-refractivity contribution < 1.29 is 9.53 Å². The fourth-order valence-corrected chi connectivity index (χ4v) is 3.49. The molecule has 0 aromatic carbocycles. The number of likely N-dealkylation sites (N-methyl/N-ethyl adjacent to an activating group) is 1. The van der Waals surface area contributed by atoms with Gasteiger partial charge in [-0.3, -0.25) is 4.99 Å². The molecule has 1 aliphatic heterocycles. The number of guanidine groups is 1. The van der Waals surface area contributed by atoms with Crippen molar-refractivity contribution in [3.8, 4) is 0 Å². The van der Waals surface area contributed by atoms with Crippen molar-refractivity contribution in [3.63, 3.8) is 0 Å². The third-order valence-electron chi connectivity index (χ3n) is 3.60. The molecule has 2 N–H and O–H groups in total. The summed E-state index contributed by atoms with van der Waals surface area (Å²) in [6.45, 7) is 9.97. The van der Waals surface area contributed by atoms with Gasteiger partial charge in [-0.1, -0.05) is 0 Å². The Labute approximate surface area is 168 Å². The Morgan fingerprint density at radius 2 is 2.04 bits per heavy atom. The van der Waals surface area contributed by atoms with Crippen LogP contribution in [0.3, 0.4) is 0 Å². The number of hydrogen-bond acceptors (Lipinski definition) is 4. The van der Waals surface area contributed by atoms with Gasteiger partial charge < -0.3 is 20.3 Å². The Bertz CT molecular complexity index is 421. The Kier molecular flexibility index (Phi) is 10.4. The van der Waals surface area contributed by atoms with Gasteiger partial charge in [0, 0.05) is 38.5 Å². The Hall–Kier alpha value is -0.380. The SMILES string of the molecule is CN=C(NCCN(C)C(=O)OC(C)(C)C)NCC1(C)CCCS1.I. The van der Waals surface area contributed by atoms with Crippen LogP contribution >= 0.6 is 35.7 Å². The van der Waals surface area contributed by atoms with E-state index in [0.717, 1.165) is 12.5 Å². The van der Waals surface area contributed by atoms with Crippen molar-refractivity contribution in [3.05, 3.63) is 0 Å². The van der Waals surface area contributed by atoms with E-state index in [1.165, 1.54) is 18.6 Å². The summed E-state index contributed by atoms with van der Waals surface area (Å²) in [7, 11) is 3.50. The zero-order chi connectivity index (χ0) is 17.5. The summed E-state index contributed by atoms with van der Waals surface area (Å²) in [5.41, 5.74) is -0.468. The van der Waals surface area contributed by atoms with Crippen LogP contribution < -0.4 is 10.6 Å². The van der Waals surface area contributed by atoms with Crippen molar-refractivity contribution in [2.45, 2.75) is 50.9 Å². The minimum atomic E-state index is -0.468. The van der Waals surface area contributed by atoms with E-state index in [1.54, 1.807) is 19.0 Å². The predicted octanol–water partition coefficient (Wildman–Crippen LogP) is 2.92. The fourth-order valence-electron chi connectivity index (χ4n) is 2.24. The van der Waals surface area contributed by atoms with Crippen molar-refractivity contribution in [1.82, 2.24) is 15.5 Å². The fraction of sp³-hybridized carbons (Fsp3) is 0.875. The highest BCUT2D eigenvalue weighted by molar-refractivity contribution is 14.0. The molecule has 1 aliphatic rings. The molecule has 1 saturated heterocycles. The summed E-state index contributed by atoms with van der Waals surface area (Å²) in [4.78, 5) is 17.7. The number of thioether (sulfide) groups is 1. The summed E-state index contributed by atoms with van der Waals surface area (Å²) >= 11 is 2.02. The smallest absolute Gasteiger partial charge is 0.410 e. The van der Waals surface area contributed by atoms with E-state index >= 15 is 0 Å². The van der Waals surface area contributed by atoms with Crippen LogP contribution in [-0.2, 0) is 4.74 Å². The average Bonchev–Trinajstić information content (AvgIpc) is 2.87. The zero-order valence-electron chi connectivity index (χ0n) is 15.8. The lowest BCUT2D eigenvalue weighted by molar-refractivity contribution is 0.0302. The van der Waals surface area contributed by atoms with Crippen molar-refractivity contribution in [2.75, 3.05) is 39.5 Å². The molecule has 6 nitrogen and oxygen atoms in total. The monoisotopic (exact) mass is 472 g/mol. The van der Waals surface area contributed by atoms with Crippen molar-refractivity contribution >= 4 is 47.8 Å². The number of nitrogens with zero attached hydrogens (tertiary/aromatic N) is 2. The standard InChI is InChI=1S/C16H32N4O2S.HI/c1-15(2,3)22-14(21)20(6)10-9-18-13(17-5)19-12-16(4)8-7-11-23-16;/h7-12H2,1-6H3,(H2,17,18,19);1H. The van der Waals surface area contributed by atoms with Gasteiger partial charge in [0.05, 0.1) is 0 Å². The lowest BCUT2D eigenvalue weighted by Crippen LogP contribution is -2.46. The maximum atomic E-state index is 11.9. The van der Waals surface area contributed by atoms with Crippen LogP contribution in [0.25, 0.3) is 0 Å². The topological polar surface area (TPSA) is 66.0 Å². The molecule has 0 aromatic rings. The molecule has 8 heteroatoms. The highest BCUT2D eigenvalue weighted by Crippen LogP contribution is 2.36. The lowest BCUT2D eigenvalue weighted by atomic mass is 10.1. The number of carbonyl (C=O) groups excluding carboxylic acids is 1. The summed E-state index contributed by atoms with van der Waals surface area (Å²) in [6, 6.07) is 0. The summed E-state index contributed by atoms with van der Waals surface area (Å²) in [5, 5.41) is 6.62. The van der Waals surface area contributed by atoms with Crippen molar-refractivity contribution in [2.24, 2.45) is 4.99 Å². The quantitative estimate of drug-likeness (QED) is 0.366. The third-order valence-corrected chi connectivity index (χ3v) is 5.14. The number of carbonyl (C=O) groups is 1. The van der Waals surface area contributed by atoms with Crippen LogP contribution in [-0.4, -0.2) is 66.8 Å². The van der Waals surface area contributed by atoms with E-state index in [1.807, 2.05) is 32.5 Å². The number of halogens is 1. The Morgan fingerprint density at radius 3 is 2.54 bits per heavy atom. The van der Waals surface area contributed by atoms with Crippen LogP contribution in [0.1, 0.15) is 40.5 Å². The molecule has 0 aromatic heterocycles. The van der Waals surface area contributed by atoms with Gasteiger partial charge in [-0.25, -0.2) is 4.79 Å². The first-order chi connectivity index (χ1) is 10.7. The summed E-state index contributed by atoms with van der Waals surface area (Å²) < 4.78 is 5.62. The van der Waals surface area contributed by atoms with Gasteiger partial charge in [-0.2, -0.15) is 11.8 Å². The summed E-state index contributed by atoms with van der Waals surface area (Å²) in [6.07, 6.45) is 2.22. The number of hydrogen-bond donors (Lipinski definition) is 2. The molecule has 1 rings (SSSR count). The van der Waals surface area contributed by atoms with Gasteiger partial charge in [-0.15, -0.1) is 24.0 Å². The van der Waals surface area contributed by atoms with Gasteiger partial charge in [-0.05, 0) is 46.3 Å². The second-order valence-corrected chi connectivity index (χ2v) is 8.84. The Balaban J connectivity index is 0.00000529. The van der Waals surface area contributed by atoms with Crippen LogP contribution in [0.4, 0.5) is 4.79 Å². The first kappa shape index (κ1) is 23.6. The van der Waals surface area contributed by atoms with E-state index in [9.17, 15) is 4.79 Å². The van der Waals surface area contributed by atoms with Gasteiger partial charge in [0.2, 0.25) is 0 Å². The molecular formula is C16H33IN4O2S. The second kappa shape index (κ2) is 10.6. The molecular weight excluding hydrogens is 439 g/mol. The highest BCUT2D eigenvalue weighted by atomic mass is 127. The normalized spacial score (nSPS) is 21.0. The minimum absolute atomic E-state index is 0.